The maximum Gasteiger partial charge on any atom is 0.238 e. The van der Waals surface area contributed by atoms with E-state index in [0.29, 0.717) is 12.0 Å². The molecule has 2 fully saturated rings. The third-order valence-corrected chi connectivity index (χ3v) is 5.55. The van der Waals surface area contributed by atoms with Crippen LogP contribution in [0.1, 0.15) is 18.4 Å². The molecule has 3 rings (SSSR count). The van der Waals surface area contributed by atoms with E-state index < -0.39 is 0 Å². The molecule has 2 N–H and O–H groups in total. The van der Waals surface area contributed by atoms with Gasteiger partial charge in [0, 0.05) is 23.2 Å². The molecule has 4 nitrogen and oxygen atoms in total. The number of aryl methyl sites for hydroxylation is 1. The van der Waals surface area contributed by atoms with Gasteiger partial charge in [0.25, 0.3) is 0 Å². The van der Waals surface area contributed by atoms with Gasteiger partial charge in [0.2, 0.25) is 5.91 Å². The maximum atomic E-state index is 12.2. The number of carbonyl (C=O) groups excluding carboxylic acids is 1. The largest absolute Gasteiger partial charge is 0.325 e. The summed E-state index contributed by atoms with van der Waals surface area (Å²) in [7, 11) is 0. The van der Waals surface area contributed by atoms with Crippen molar-refractivity contribution in [2.45, 2.75) is 19.8 Å². The Morgan fingerprint density at radius 1 is 1.45 bits per heavy atom. The summed E-state index contributed by atoms with van der Waals surface area (Å²) in [5.41, 5.74) is 2.43. The molecule has 6 heteroatoms. The van der Waals surface area contributed by atoms with Crippen LogP contribution >= 0.6 is 28.3 Å². The Morgan fingerprint density at radius 2 is 2.27 bits per heavy atom. The van der Waals surface area contributed by atoms with Crippen LogP contribution in [-0.2, 0) is 4.79 Å². The highest BCUT2D eigenvalue weighted by molar-refractivity contribution is 9.10. The number of rotatable bonds is 3. The van der Waals surface area contributed by atoms with E-state index in [-0.39, 0.29) is 18.3 Å². The first kappa shape index (κ1) is 17.7. The lowest BCUT2D eigenvalue weighted by molar-refractivity contribution is -0.117. The van der Waals surface area contributed by atoms with Crippen molar-refractivity contribution in [3.8, 4) is 0 Å². The SMILES string of the molecule is Cc1cc(NC(=O)CN2CCC3(CCNC3)C2)ccc1Br.Cl. The number of halogens is 2. The lowest BCUT2D eigenvalue weighted by atomic mass is 9.87. The fourth-order valence-corrected chi connectivity index (χ4v) is 3.68. The summed E-state index contributed by atoms with van der Waals surface area (Å²) in [5.74, 6) is 0.0831. The number of carbonyl (C=O) groups is 1. The minimum Gasteiger partial charge on any atom is -0.325 e. The molecule has 2 saturated heterocycles. The third-order valence-electron chi connectivity index (χ3n) is 4.66. The van der Waals surface area contributed by atoms with Crippen LogP contribution in [-0.4, -0.2) is 43.5 Å². The van der Waals surface area contributed by atoms with E-state index in [1.807, 2.05) is 25.1 Å². The monoisotopic (exact) mass is 387 g/mol. The minimum absolute atomic E-state index is 0. The standard InChI is InChI=1S/C16H22BrN3O.ClH/c1-12-8-13(2-3-14(12)17)19-15(21)9-20-7-5-16(11-20)4-6-18-10-16;/h2-3,8,18H,4-7,9-11H2,1H3,(H,19,21);1H. The average molecular weight is 389 g/mol. The second-order valence-electron chi connectivity index (χ2n) is 6.40. The van der Waals surface area contributed by atoms with Crippen molar-refractivity contribution < 1.29 is 4.79 Å². The van der Waals surface area contributed by atoms with Gasteiger partial charge in [0.1, 0.15) is 0 Å². The molecule has 0 radical (unpaired) electrons. The molecule has 2 aliphatic heterocycles. The molecule has 1 aromatic carbocycles. The zero-order valence-corrected chi connectivity index (χ0v) is 15.2. The minimum atomic E-state index is 0. The van der Waals surface area contributed by atoms with E-state index in [1.165, 1.54) is 12.8 Å². The van der Waals surface area contributed by atoms with E-state index in [9.17, 15) is 4.79 Å². The highest BCUT2D eigenvalue weighted by atomic mass is 79.9. The summed E-state index contributed by atoms with van der Waals surface area (Å²) in [6.07, 6.45) is 2.46. The lowest BCUT2D eigenvalue weighted by Gasteiger charge is -2.22. The molecule has 0 aromatic heterocycles. The van der Waals surface area contributed by atoms with Crippen LogP contribution in [0.15, 0.2) is 22.7 Å². The number of hydrogen-bond donors (Lipinski definition) is 2. The Balaban J connectivity index is 0.00000176. The van der Waals surface area contributed by atoms with E-state index in [1.54, 1.807) is 0 Å². The summed E-state index contributed by atoms with van der Waals surface area (Å²) in [6, 6.07) is 5.90. The van der Waals surface area contributed by atoms with Crippen LogP contribution in [0.2, 0.25) is 0 Å². The van der Waals surface area contributed by atoms with Crippen LogP contribution in [0.4, 0.5) is 5.69 Å². The van der Waals surface area contributed by atoms with Crippen molar-refractivity contribution in [3.05, 3.63) is 28.2 Å². The van der Waals surface area contributed by atoms with Crippen LogP contribution < -0.4 is 10.6 Å². The van der Waals surface area contributed by atoms with Gasteiger partial charge in [0.15, 0.2) is 0 Å². The number of nitrogens with one attached hydrogen (secondary N) is 2. The second kappa shape index (κ2) is 7.30. The topological polar surface area (TPSA) is 44.4 Å². The van der Waals surface area contributed by atoms with Gasteiger partial charge in [-0.2, -0.15) is 0 Å². The Labute approximate surface area is 146 Å². The summed E-state index contributed by atoms with van der Waals surface area (Å²) < 4.78 is 1.07. The molecule has 2 heterocycles. The van der Waals surface area contributed by atoms with Crippen LogP contribution in [0.5, 0.6) is 0 Å². The van der Waals surface area contributed by atoms with E-state index in [2.05, 4.69) is 31.5 Å². The summed E-state index contributed by atoms with van der Waals surface area (Å²) in [6.45, 7) is 6.84. The predicted octanol–water partition coefficient (Wildman–Crippen LogP) is 2.80. The van der Waals surface area contributed by atoms with Crippen molar-refractivity contribution in [2.75, 3.05) is 38.0 Å². The summed E-state index contributed by atoms with van der Waals surface area (Å²) in [4.78, 5) is 14.5. The lowest BCUT2D eigenvalue weighted by Crippen LogP contribution is -2.34. The Hall–Kier alpha value is -0.620. The van der Waals surface area contributed by atoms with Gasteiger partial charge in [0.05, 0.1) is 6.54 Å². The van der Waals surface area contributed by atoms with Gasteiger partial charge in [-0.15, -0.1) is 12.4 Å². The molecule has 22 heavy (non-hydrogen) atoms. The maximum absolute atomic E-state index is 12.2. The first-order valence-electron chi connectivity index (χ1n) is 7.55. The van der Waals surface area contributed by atoms with Gasteiger partial charge in [-0.1, -0.05) is 15.9 Å². The molecule has 122 valence electrons. The van der Waals surface area contributed by atoms with Gasteiger partial charge >= 0.3 is 0 Å². The second-order valence-corrected chi connectivity index (χ2v) is 7.25. The smallest absolute Gasteiger partial charge is 0.238 e. The van der Waals surface area contributed by atoms with Crippen LogP contribution in [0.3, 0.4) is 0 Å². The fraction of sp³-hybridized carbons (Fsp3) is 0.562. The molecule has 0 aliphatic carbocycles. The molecular weight excluding hydrogens is 366 g/mol. The van der Waals surface area contributed by atoms with E-state index in [4.69, 9.17) is 0 Å². The number of hydrogen-bond acceptors (Lipinski definition) is 3. The number of anilines is 1. The van der Waals surface area contributed by atoms with Crippen molar-refractivity contribution in [1.82, 2.24) is 10.2 Å². The molecule has 2 aliphatic rings. The molecule has 1 unspecified atom stereocenters. The Kier molecular flexibility index (Phi) is 5.88. The first-order chi connectivity index (χ1) is 10.1. The zero-order valence-electron chi connectivity index (χ0n) is 12.8. The zero-order chi connectivity index (χ0) is 14.9. The Morgan fingerprint density at radius 3 is 2.95 bits per heavy atom. The van der Waals surface area contributed by atoms with Crippen molar-refractivity contribution in [3.63, 3.8) is 0 Å². The molecule has 1 aromatic rings. The molecule has 0 bridgehead atoms. The van der Waals surface area contributed by atoms with E-state index in [0.717, 1.165) is 41.9 Å². The molecule has 1 amide bonds. The quantitative estimate of drug-likeness (QED) is 0.837. The average Bonchev–Trinajstić information content (AvgIpc) is 3.05. The van der Waals surface area contributed by atoms with Crippen LogP contribution in [0, 0.1) is 12.3 Å². The number of nitrogens with zero attached hydrogens (tertiary/aromatic N) is 1. The van der Waals surface area contributed by atoms with Crippen molar-refractivity contribution in [2.24, 2.45) is 5.41 Å². The fourth-order valence-electron chi connectivity index (χ4n) is 3.43. The molecule has 0 saturated carbocycles. The summed E-state index contributed by atoms with van der Waals surface area (Å²) >= 11 is 3.47. The van der Waals surface area contributed by atoms with Crippen LogP contribution in [0.25, 0.3) is 0 Å². The van der Waals surface area contributed by atoms with E-state index >= 15 is 0 Å². The molecule has 1 spiro atoms. The summed E-state index contributed by atoms with van der Waals surface area (Å²) in [5, 5.41) is 6.45. The highest BCUT2D eigenvalue weighted by Gasteiger charge is 2.40. The van der Waals surface area contributed by atoms with Crippen molar-refractivity contribution >= 4 is 39.9 Å². The molecular formula is C16H23BrClN3O. The first-order valence-corrected chi connectivity index (χ1v) is 8.35. The number of likely N-dealkylation sites (tertiary alicyclic amines) is 1. The van der Waals surface area contributed by atoms with Crippen molar-refractivity contribution in [1.29, 1.82) is 0 Å². The predicted molar refractivity (Wildman–Crippen MR) is 95.7 cm³/mol. The van der Waals surface area contributed by atoms with Gasteiger partial charge in [-0.3, -0.25) is 9.69 Å². The number of benzene rings is 1. The number of amides is 1. The van der Waals surface area contributed by atoms with Gasteiger partial charge < -0.3 is 10.6 Å². The normalized spacial score (nSPS) is 24.5. The van der Waals surface area contributed by atoms with Gasteiger partial charge in [-0.25, -0.2) is 0 Å². The Bertz CT molecular complexity index is 546. The highest BCUT2D eigenvalue weighted by Crippen LogP contribution is 2.35. The van der Waals surface area contributed by atoms with Gasteiger partial charge in [-0.05, 0) is 62.0 Å². The molecule has 1 atom stereocenters. The third kappa shape index (κ3) is 4.02.